The quantitative estimate of drug-likeness (QED) is 0.343. The van der Waals surface area contributed by atoms with Gasteiger partial charge in [0.25, 0.3) is 0 Å². The minimum absolute atomic E-state index is 0.407. The third-order valence-electron chi connectivity index (χ3n) is 0.441. The number of nitrogens with zero attached hydrogens (tertiary/aromatic N) is 1. The molecule has 0 saturated heterocycles. The molecule has 0 rings (SSSR count). The van der Waals surface area contributed by atoms with E-state index >= 15 is 0 Å². The highest BCUT2D eigenvalue weighted by molar-refractivity contribution is 8.59. The molecule has 0 aliphatic heterocycles. The van der Waals surface area contributed by atoms with Crippen molar-refractivity contribution < 1.29 is 4.79 Å². The SMILES string of the molecule is CN(C)C(N)=O.SS. The van der Waals surface area contributed by atoms with Crippen LogP contribution in [-0.4, -0.2) is 25.0 Å². The number of carbonyl (C=O) groups is 1. The van der Waals surface area contributed by atoms with Crippen molar-refractivity contribution in [1.29, 1.82) is 0 Å². The Balaban J connectivity index is 0. The Kier molecular flexibility index (Phi) is 9.46. The van der Waals surface area contributed by atoms with Crippen LogP contribution in [0.2, 0.25) is 0 Å². The number of amides is 2. The Hall–Kier alpha value is -0.0300. The molecule has 0 bridgehead atoms. The summed E-state index contributed by atoms with van der Waals surface area (Å²) in [5, 5.41) is 0. The zero-order valence-corrected chi connectivity index (χ0v) is 6.62. The van der Waals surface area contributed by atoms with Crippen molar-refractivity contribution in [1.82, 2.24) is 4.90 Å². The van der Waals surface area contributed by atoms with Gasteiger partial charge in [-0.3, -0.25) is 0 Å². The van der Waals surface area contributed by atoms with E-state index in [1.807, 2.05) is 0 Å². The van der Waals surface area contributed by atoms with E-state index in [1.54, 1.807) is 14.1 Å². The normalized spacial score (nSPS) is 6.50. The van der Waals surface area contributed by atoms with E-state index in [9.17, 15) is 4.79 Å². The molecule has 0 unspecified atom stereocenters. The molecule has 50 valence electrons. The van der Waals surface area contributed by atoms with Gasteiger partial charge < -0.3 is 10.6 Å². The molecular formula is C3H10N2OS2. The zero-order valence-electron chi connectivity index (χ0n) is 4.83. The van der Waals surface area contributed by atoms with Crippen molar-refractivity contribution in [2.75, 3.05) is 14.1 Å². The molecule has 0 aromatic carbocycles. The maximum absolute atomic E-state index is 9.85. The third kappa shape index (κ3) is 9.36. The molecule has 2 amide bonds. The van der Waals surface area contributed by atoms with Crippen LogP contribution >= 0.6 is 23.3 Å². The van der Waals surface area contributed by atoms with E-state index in [0.717, 1.165) is 0 Å². The smallest absolute Gasteiger partial charge is 0.314 e. The summed E-state index contributed by atoms with van der Waals surface area (Å²) in [5.41, 5.74) is 4.72. The Labute approximate surface area is 59.4 Å². The summed E-state index contributed by atoms with van der Waals surface area (Å²) in [4.78, 5) is 11.2. The second kappa shape index (κ2) is 6.97. The van der Waals surface area contributed by atoms with E-state index in [4.69, 9.17) is 5.73 Å². The van der Waals surface area contributed by atoms with Gasteiger partial charge in [0.05, 0.1) is 0 Å². The van der Waals surface area contributed by atoms with Crippen LogP contribution in [0, 0.1) is 0 Å². The lowest BCUT2D eigenvalue weighted by molar-refractivity contribution is 0.227. The van der Waals surface area contributed by atoms with Crippen LogP contribution < -0.4 is 5.73 Å². The first-order valence-electron chi connectivity index (χ1n) is 1.81. The lowest BCUT2D eigenvalue weighted by Crippen LogP contribution is -2.27. The molecule has 0 atom stereocenters. The van der Waals surface area contributed by atoms with Crippen molar-refractivity contribution in [3.05, 3.63) is 0 Å². The van der Waals surface area contributed by atoms with Crippen molar-refractivity contribution >= 4 is 29.4 Å². The van der Waals surface area contributed by atoms with E-state index < -0.39 is 6.03 Å². The van der Waals surface area contributed by atoms with Gasteiger partial charge >= 0.3 is 6.03 Å². The van der Waals surface area contributed by atoms with Crippen molar-refractivity contribution in [2.45, 2.75) is 0 Å². The van der Waals surface area contributed by atoms with Crippen molar-refractivity contribution in [3.63, 3.8) is 0 Å². The molecule has 5 heteroatoms. The number of carbonyl (C=O) groups excluding carboxylic acids is 1. The maximum atomic E-state index is 9.85. The van der Waals surface area contributed by atoms with E-state index in [1.165, 1.54) is 4.90 Å². The maximum Gasteiger partial charge on any atom is 0.314 e. The first-order chi connectivity index (χ1) is 3.64. The first kappa shape index (κ1) is 10.9. The topological polar surface area (TPSA) is 46.3 Å². The van der Waals surface area contributed by atoms with Gasteiger partial charge in [-0.15, -0.1) is 23.3 Å². The van der Waals surface area contributed by atoms with Crippen molar-refractivity contribution in [3.8, 4) is 0 Å². The van der Waals surface area contributed by atoms with Crippen LogP contribution in [0.4, 0.5) is 4.79 Å². The minimum Gasteiger partial charge on any atom is -0.352 e. The Morgan fingerprint density at radius 2 is 1.62 bits per heavy atom. The van der Waals surface area contributed by atoms with Crippen LogP contribution in [-0.2, 0) is 0 Å². The predicted octanol–water partition coefficient (Wildman–Crippen LogP) is 0.388. The molecule has 3 nitrogen and oxygen atoms in total. The van der Waals surface area contributed by atoms with Gasteiger partial charge in [-0.05, 0) is 0 Å². The number of thiol groups is 2. The fraction of sp³-hybridized carbons (Fsp3) is 0.667. The number of hydrogen-bond acceptors (Lipinski definition) is 3. The van der Waals surface area contributed by atoms with Gasteiger partial charge in [-0.25, -0.2) is 4.79 Å². The summed E-state index contributed by atoms with van der Waals surface area (Å²) in [5.74, 6) is 0. The second-order valence-corrected chi connectivity index (χ2v) is 1.23. The monoisotopic (exact) mass is 154 g/mol. The van der Waals surface area contributed by atoms with Gasteiger partial charge in [0, 0.05) is 14.1 Å². The number of urea groups is 1. The number of primary amides is 1. The highest BCUT2D eigenvalue weighted by atomic mass is 33.1. The average molecular weight is 154 g/mol. The summed E-state index contributed by atoms with van der Waals surface area (Å²) in [6.45, 7) is 0. The Bertz CT molecular complexity index is 66.3. The van der Waals surface area contributed by atoms with Crippen LogP contribution in [0.5, 0.6) is 0 Å². The Morgan fingerprint density at radius 1 is 1.50 bits per heavy atom. The standard InChI is InChI=1S/C3H8N2O.H2S2/c1-5(2)3(4)6;1-2/h1-2H3,(H2,4,6);1-2H. The van der Waals surface area contributed by atoms with E-state index in [2.05, 4.69) is 23.3 Å². The van der Waals surface area contributed by atoms with Gasteiger partial charge in [0.2, 0.25) is 0 Å². The van der Waals surface area contributed by atoms with Crippen LogP contribution in [0.15, 0.2) is 0 Å². The lowest BCUT2D eigenvalue weighted by Gasteiger charge is -2.01. The molecule has 0 fully saturated rings. The minimum atomic E-state index is -0.407. The summed E-state index contributed by atoms with van der Waals surface area (Å²) < 4.78 is 0. The second-order valence-electron chi connectivity index (χ2n) is 1.23. The van der Waals surface area contributed by atoms with Crippen LogP contribution in [0.25, 0.3) is 0 Å². The van der Waals surface area contributed by atoms with Crippen LogP contribution in [0.1, 0.15) is 0 Å². The van der Waals surface area contributed by atoms with Crippen LogP contribution in [0.3, 0.4) is 0 Å². The summed E-state index contributed by atoms with van der Waals surface area (Å²) >= 11 is 6.44. The molecule has 0 saturated carbocycles. The van der Waals surface area contributed by atoms with Gasteiger partial charge in [0.1, 0.15) is 0 Å². The van der Waals surface area contributed by atoms with Gasteiger partial charge in [0.15, 0.2) is 0 Å². The summed E-state index contributed by atoms with van der Waals surface area (Å²) in [6.07, 6.45) is 0. The number of hydrogen-bond donors (Lipinski definition) is 3. The lowest BCUT2D eigenvalue weighted by atomic mass is 10.9. The molecule has 0 aliphatic carbocycles. The number of nitrogens with two attached hydrogens (primary N) is 1. The predicted molar refractivity (Wildman–Crippen MR) is 41.2 cm³/mol. The molecule has 0 radical (unpaired) electrons. The summed E-state index contributed by atoms with van der Waals surface area (Å²) in [6, 6.07) is -0.407. The zero-order chi connectivity index (χ0) is 7.15. The van der Waals surface area contributed by atoms with Gasteiger partial charge in [-0.1, -0.05) is 0 Å². The molecule has 8 heavy (non-hydrogen) atoms. The fourth-order valence-electron chi connectivity index (χ4n) is 0. The van der Waals surface area contributed by atoms with E-state index in [0.29, 0.717) is 0 Å². The molecule has 0 aromatic rings. The average Bonchev–Trinajstić information content (AvgIpc) is 1.72. The van der Waals surface area contributed by atoms with Gasteiger partial charge in [-0.2, -0.15) is 0 Å². The third-order valence-corrected chi connectivity index (χ3v) is 0.441. The molecule has 0 heterocycles. The first-order valence-corrected chi connectivity index (χ1v) is 3.41. The molecule has 0 aromatic heterocycles. The summed E-state index contributed by atoms with van der Waals surface area (Å²) in [7, 11) is 3.20. The number of rotatable bonds is 0. The molecular weight excluding hydrogens is 144 g/mol. The Morgan fingerprint density at radius 3 is 1.62 bits per heavy atom. The highest BCUT2D eigenvalue weighted by Crippen LogP contribution is 1.65. The van der Waals surface area contributed by atoms with Crippen molar-refractivity contribution in [2.24, 2.45) is 5.73 Å². The molecule has 0 aliphatic rings. The molecule has 2 N–H and O–H groups in total. The fourth-order valence-corrected chi connectivity index (χ4v) is 0. The largest absolute Gasteiger partial charge is 0.352 e. The molecule has 0 spiro atoms. The van der Waals surface area contributed by atoms with E-state index in [-0.39, 0.29) is 0 Å². The highest BCUT2D eigenvalue weighted by Gasteiger charge is 1.88.